The molecule has 0 saturated heterocycles. The molecule has 0 saturated carbocycles. The fourth-order valence-corrected chi connectivity index (χ4v) is 3.67. The zero-order valence-electron chi connectivity index (χ0n) is 16.5. The number of pyridine rings is 1. The lowest BCUT2D eigenvalue weighted by Crippen LogP contribution is -2.25. The lowest BCUT2D eigenvalue weighted by molar-refractivity contribution is -0.112. The first-order valence-electron chi connectivity index (χ1n) is 9.35. The minimum absolute atomic E-state index is 0.276. The number of halogens is 1. The third kappa shape index (κ3) is 3.55. The van der Waals surface area contributed by atoms with Crippen LogP contribution in [0.4, 0.5) is 5.69 Å². The molecule has 4 aromatic rings. The van der Waals surface area contributed by atoms with E-state index < -0.39 is 11.7 Å². The maximum Gasteiger partial charge on any atom is 0.298 e. The maximum absolute atomic E-state index is 13.2. The number of para-hydroxylation sites is 1. The lowest BCUT2D eigenvalue weighted by atomic mass is 10.0. The molecule has 0 aliphatic rings. The molecule has 4 rings (SSSR count). The van der Waals surface area contributed by atoms with Crippen LogP contribution in [0.15, 0.2) is 72.9 Å². The van der Waals surface area contributed by atoms with Gasteiger partial charge in [-0.1, -0.05) is 41.9 Å². The average Bonchev–Trinajstić information content (AvgIpc) is 3.14. The van der Waals surface area contributed by atoms with E-state index in [9.17, 15) is 9.59 Å². The zero-order valence-corrected chi connectivity index (χ0v) is 17.2. The molecule has 0 spiro atoms. The smallest absolute Gasteiger partial charge is 0.298 e. The summed E-state index contributed by atoms with van der Waals surface area (Å²) in [6.45, 7) is 1.87. The summed E-state index contributed by atoms with van der Waals surface area (Å²) < 4.78 is 6.94. The van der Waals surface area contributed by atoms with E-state index in [4.69, 9.17) is 16.3 Å². The molecule has 6 heteroatoms. The van der Waals surface area contributed by atoms with Crippen molar-refractivity contribution in [2.75, 3.05) is 12.4 Å². The first-order chi connectivity index (χ1) is 14.5. The van der Waals surface area contributed by atoms with E-state index in [1.165, 1.54) is 0 Å². The first-order valence-corrected chi connectivity index (χ1v) is 9.72. The monoisotopic (exact) mass is 418 g/mol. The predicted octanol–water partition coefficient (Wildman–Crippen LogP) is 5.40. The highest BCUT2D eigenvalue weighted by atomic mass is 35.5. The second-order valence-electron chi connectivity index (χ2n) is 6.85. The minimum Gasteiger partial charge on any atom is -0.495 e. The third-order valence-electron chi connectivity index (χ3n) is 4.96. The number of benzene rings is 2. The van der Waals surface area contributed by atoms with Gasteiger partial charge in [0.25, 0.3) is 11.7 Å². The molecule has 0 fully saturated rings. The molecule has 0 atom stereocenters. The van der Waals surface area contributed by atoms with Gasteiger partial charge in [-0.2, -0.15) is 0 Å². The molecule has 1 N–H and O–H groups in total. The van der Waals surface area contributed by atoms with E-state index in [-0.39, 0.29) is 5.69 Å². The molecule has 30 heavy (non-hydrogen) atoms. The Morgan fingerprint density at radius 1 is 1.00 bits per heavy atom. The van der Waals surface area contributed by atoms with Crippen LogP contribution in [-0.2, 0) is 4.79 Å². The van der Waals surface area contributed by atoms with Crippen LogP contribution in [0.25, 0.3) is 16.6 Å². The van der Waals surface area contributed by atoms with E-state index in [1.807, 2.05) is 55.5 Å². The fourth-order valence-electron chi connectivity index (χ4n) is 3.41. The van der Waals surface area contributed by atoms with Crippen LogP contribution in [0, 0.1) is 6.92 Å². The van der Waals surface area contributed by atoms with Crippen molar-refractivity contribution in [3.8, 4) is 16.9 Å². The van der Waals surface area contributed by atoms with Gasteiger partial charge in [0, 0.05) is 23.0 Å². The zero-order chi connectivity index (χ0) is 21.3. The Morgan fingerprint density at radius 3 is 2.50 bits per heavy atom. The number of ketones is 1. The highest BCUT2D eigenvalue weighted by Crippen LogP contribution is 2.34. The number of carbonyl (C=O) groups is 2. The molecule has 0 radical (unpaired) electrons. The van der Waals surface area contributed by atoms with Gasteiger partial charge in [0.2, 0.25) is 0 Å². The van der Waals surface area contributed by atoms with Crippen molar-refractivity contribution in [2.45, 2.75) is 6.92 Å². The maximum atomic E-state index is 13.2. The number of amides is 1. The van der Waals surface area contributed by atoms with Crippen LogP contribution in [0.1, 0.15) is 16.1 Å². The predicted molar refractivity (Wildman–Crippen MR) is 119 cm³/mol. The molecule has 5 nitrogen and oxygen atoms in total. The van der Waals surface area contributed by atoms with E-state index in [1.54, 1.807) is 35.9 Å². The van der Waals surface area contributed by atoms with Gasteiger partial charge in [-0.05, 0) is 54.4 Å². The van der Waals surface area contributed by atoms with E-state index in [2.05, 4.69) is 5.32 Å². The van der Waals surface area contributed by atoms with Crippen LogP contribution >= 0.6 is 11.6 Å². The number of nitrogens with one attached hydrogen (secondary N) is 1. The van der Waals surface area contributed by atoms with E-state index >= 15 is 0 Å². The molecule has 1 amide bonds. The molecule has 2 aromatic heterocycles. The summed E-state index contributed by atoms with van der Waals surface area (Å²) >= 11 is 6.30. The lowest BCUT2D eigenvalue weighted by Gasteiger charge is -2.10. The molecule has 2 heterocycles. The number of nitrogens with zero attached hydrogens (tertiary/aromatic N) is 1. The molecular formula is C24H19ClN2O3. The van der Waals surface area contributed by atoms with Crippen LogP contribution < -0.4 is 10.1 Å². The van der Waals surface area contributed by atoms with Gasteiger partial charge in [-0.3, -0.25) is 9.59 Å². The average molecular weight is 419 g/mol. The van der Waals surface area contributed by atoms with Gasteiger partial charge in [-0.15, -0.1) is 0 Å². The summed E-state index contributed by atoms with van der Waals surface area (Å²) in [5, 5.41) is 3.15. The number of methoxy groups -OCH3 is 1. The molecule has 0 aliphatic heterocycles. The Morgan fingerprint density at radius 2 is 1.77 bits per heavy atom. The summed E-state index contributed by atoms with van der Waals surface area (Å²) in [5.74, 6) is -0.797. The summed E-state index contributed by atoms with van der Waals surface area (Å²) in [4.78, 5) is 26.1. The van der Waals surface area contributed by atoms with Crippen molar-refractivity contribution in [2.24, 2.45) is 0 Å². The Kier molecular flexibility index (Phi) is 5.29. The number of aromatic nitrogens is 1. The number of anilines is 1. The summed E-state index contributed by atoms with van der Waals surface area (Å²) in [7, 11) is 1.54. The Labute approximate surface area is 178 Å². The van der Waals surface area contributed by atoms with E-state index in [0.29, 0.717) is 22.0 Å². The Balaban J connectivity index is 1.80. The molecule has 0 bridgehead atoms. The fraction of sp³-hybridized carbons (Fsp3) is 0.0833. The van der Waals surface area contributed by atoms with Crippen LogP contribution in [0.5, 0.6) is 5.75 Å². The van der Waals surface area contributed by atoms with E-state index in [0.717, 1.165) is 16.6 Å². The first kappa shape index (κ1) is 19.7. The van der Waals surface area contributed by atoms with Crippen molar-refractivity contribution in [1.82, 2.24) is 4.40 Å². The SMILES string of the molecule is COc1ccc(-c2cc3ccccn3c2C(=O)C(=O)Nc2ccccc2C)cc1Cl. The van der Waals surface area contributed by atoms with Gasteiger partial charge in [0.05, 0.1) is 12.1 Å². The molecule has 2 aromatic carbocycles. The largest absolute Gasteiger partial charge is 0.495 e. The second-order valence-corrected chi connectivity index (χ2v) is 7.26. The van der Waals surface area contributed by atoms with Crippen LogP contribution in [0.3, 0.4) is 0 Å². The Bertz CT molecular complexity index is 1280. The number of aryl methyl sites for hydroxylation is 1. The molecule has 0 aliphatic carbocycles. The number of hydrogen-bond acceptors (Lipinski definition) is 3. The molecular weight excluding hydrogens is 400 g/mol. The topological polar surface area (TPSA) is 59.8 Å². The van der Waals surface area contributed by atoms with Gasteiger partial charge in [0.15, 0.2) is 0 Å². The number of hydrogen-bond donors (Lipinski definition) is 1. The molecule has 150 valence electrons. The van der Waals surface area contributed by atoms with Gasteiger partial charge < -0.3 is 14.5 Å². The second kappa shape index (κ2) is 8.05. The highest BCUT2D eigenvalue weighted by Gasteiger charge is 2.25. The van der Waals surface area contributed by atoms with Gasteiger partial charge >= 0.3 is 0 Å². The number of Topliss-reactive ketones (excluding diaryl/α,β-unsaturated/α-hetero) is 1. The van der Waals surface area contributed by atoms with Gasteiger partial charge in [-0.25, -0.2) is 0 Å². The van der Waals surface area contributed by atoms with Crippen molar-refractivity contribution in [1.29, 1.82) is 0 Å². The van der Waals surface area contributed by atoms with Crippen molar-refractivity contribution in [3.05, 3.63) is 89.2 Å². The van der Waals surface area contributed by atoms with Gasteiger partial charge in [0.1, 0.15) is 11.4 Å². The normalized spacial score (nSPS) is 10.8. The highest BCUT2D eigenvalue weighted by molar-refractivity contribution is 6.47. The quantitative estimate of drug-likeness (QED) is 0.349. The van der Waals surface area contributed by atoms with Crippen molar-refractivity contribution >= 4 is 34.5 Å². The summed E-state index contributed by atoms with van der Waals surface area (Å²) in [6.07, 6.45) is 1.76. The number of carbonyl (C=O) groups excluding carboxylic acids is 2. The summed E-state index contributed by atoms with van der Waals surface area (Å²) in [5.41, 5.74) is 3.89. The number of ether oxygens (including phenoxy) is 1. The number of fused-ring (bicyclic) bond motifs is 1. The third-order valence-corrected chi connectivity index (χ3v) is 5.25. The number of rotatable bonds is 5. The van der Waals surface area contributed by atoms with Crippen LogP contribution in [-0.4, -0.2) is 23.2 Å². The Hall–Kier alpha value is -3.57. The summed E-state index contributed by atoms with van der Waals surface area (Å²) in [6, 6.07) is 20.0. The molecule has 0 unspecified atom stereocenters. The van der Waals surface area contributed by atoms with Crippen molar-refractivity contribution in [3.63, 3.8) is 0 Å². The van der Waals surface area contributed by atoms with Crippen molar-refractivity contribution < 1.29 is 14.3 Å². The van der Waals surface area contributed by atoms with Crippen LogP contribution in [0.2, 0.25) is 5.02 Å². The minimum atomic E-state index is -0.700. The standard InChI is InChI=1S/C24H19ClN2O3/c1-15-7-3-4-9-20(15)26-24(29)23(28)22-18(14-17-8-5-6-12-27(17)22)16-10-11-21(30-2)19(25)13-16/h3-14H,1-2H3,(H,26,29).